The van der Waals surface area contributed by atoms with Crippen molar-refractivity contribution < 1.29 is 0 Å². The van der Waals surface area contributed by atoms with Gasteiger partial charge < -0.3 is 5.32 Å². The van der Waals surface area contributed by atoms with E-state index in [9.17, 15) is 0 Å². The van der Waals surface area contributed by atoms with Crippen LogP contribution in [0.3, 0.4) is 0 Å². The Morgan fingerprint density at radius 1 is 1.41 bits per heavy atom. The van der Waals surface area contributed by atoms with Crippen LogP contribution in [0.1, 0.15) is 42.9 Å². The minimum Gasteiger partial charge on any atom is -0.311 e. The van der Waals surface area contributed by atoms with Gasteiger partial charge >= 0.3 is 0 Å². The van der Waals surface area contributed by atoms with Crippen molar-refractivity contribution in [3.63, 3.8) is 0 Å². The van der Waals surface area contributed by atoms with E-state index in [0.717, 1.165) is 50.4 Å². The standard InChI is InChI=1S/C17H25N5/c1-3-17(16-7-4-5-9-19-16)21(2)13-14-11-15-12-18-8-6-10-22(15)20-14/h4-5,7,9,11,17-18H,3,6,8,10,12-13H2,1-2H3/t17-/m1/s1. The Morgan fingerprint density at radius 3 is 3.09 bits per heavy atom. The molecule has 2 aromatic rings. The van der Waals surface area contributed by atoms with Crippen molar-refractivity contribution in [1.29, 1.82) is 0 Å². The number of aromatic nitrogens is 3. The molecule has 0 fully saturated rings. The van der Waals surface area contributed by atoms with Crippen LogP contribution in [0.2, 0.25) is 0 Å². The van der Waals surface area contributed by atoms with Crippen molar-refractivity contribution in [1.82, 2.24) is 25.0 Å². The molecule has 0 amide bonds. The summed E-state index contributed by atoms with van der Waals surface area (Å²) in [7, 11) is 2.16. The summed E-state index contributed by atoms with van der Waals surface area (Å²) in [6.45, 7) is 6.09. The summed E-state index contributed by atoms with van der Waals surface area (Å²) in [5.41, 5.74) is 3.58. The predicted octanol–water partition coefficient (Wildman–Crippen LogP) is 2.35. The smallest absolute Gasteiger partial charge is 0.0768 e. The van der Waals surface area contributed by atoms with Crippen LogP contribution < -0.4 is 5.32 Å². The highest BCUT2D eigenvalue weighted by Crippen LogP contribution is 2.22. The van der Waals surface area contributed by atoms with E-state index in [1.165, 1.54) is 5.69 Å². The molecule has 5 heteroatoms. The molecule has 5 nitrogen and oxygen atoms in total. The van der Waals surface area contributed by atoms with Gasteiger partial charge in [-0.15, -0.1) is 0 Å². The zero-order valence-electron chi connectivity index (χ0n) is 13.5. The summed E-state index contributed by atoms with van der Waals surface area (Å²) in [5, 5.41) is 8.22. The van der Waals surface area contributed by atoms with Crippen molar-refractivity contribution >= 4 is 0 Å². The van der Waals surface area contributed by atoms with E-state index in [4.69, 9.17) is 5.10 Å². The monoisotopic (exact) mass is 299 g/mol. The first-order chi connectivity index (χ1) is 10.8. The lowest BCUT2D eigenvalue weighted by atomic mass is 10.1. The highest BCUT2D eigenvalue weighted by molar-refractivity contribution is 5.13. The van der Waals surface area contributed by atoms with Crippen LogP contribution in [0.5, 0.6) is 0 Å². The van der Waals surface area contributed by atoms with Crippen LogP contribution in [0.25, 0.3) is 0 Å². The molecule has 1 atom stereocenters. The second-order valence-corrected chi connectivity index (χ2v) is 5.97. The minimum absolute atomic E-state index is 0.334. The van der Waals surface area contributed by atoms with Gasteiger partial charge in [0.2, 0.25) is 0 Å². The van der Waals surface area contributed by atoms with Gasteiger partial charge in [-0.2, -0.15) is 5.10 Å². The zero-order chi connectivity index (χ0) is 15.4. The molecular formula is C17H25N5. The third-order valence-electron chi connectivity index (χ3n) is 4.30. The fourth-order valence-electron chi connectivity index (χ4n) is 3.18. The number of fused-ring (bicyclic) bond motifs is 1. The van der Waals surface area contributed by atoms with Crippen LogP contribution in [0.15, 0.2) is 30.5 Å². The highest BCUT2D eigenvalue weighted by Gasteiger charge is 2.18. The lowest BCUT2D eigenvalue weighted by Crippen LogP contribution is -2.24. The Kier molecular flexibility index (Phi) is 4.85. The van der Waals surface area contributed by atoms with E-state index in [0.29, 0.717) is 6.04 Å². The molecule has 0 saturated heterocycles. The van der Waals surface area contributed by atoms with Gasteiger partial charge in [-0.05, 0) is 44.6 Å². The minimum atomic E-state index is 0.334. The topological polar surface area (TPSA) is 46.0 Å². The van der Waals surface area contributed by atoms with Crippen molar-refractivity contribution in [3.8, 4) is 0 Å². The van der Waals surface area contributed by atoms with E-state index in [1.54, 1.807) is 0 Å². The van der Waals surface area contributed by atoms with Crippen LogP contribution in [0.4, 0.5) is 0 Å². The molecule has 1 N–H and O–H groups in total. The molecule has 1 aliphatic heterocycles. The molecular weight excluding hydrogens is 274 g/mol. The highest BCUT2D eigenvalue weighted by atomic mass is 15.3. The largest absolute Gasteiger partial charge is 0.311 e. The Morgan fingerprint density at radius 2 is 2.32 bits per heavy atom. The number of nitrogens with zero attached hydrogens (tertiary/aromatic N) is 4. The molecule has 0 saturated carbocycles. The van der Waals surface area contributed by atoms with E-state index >= 15 is 0 Å². The predicted molar refractivity (Wildman–Crippen MR) is 87.3 cm³/mol. The van der Waals surface area contributed by atoms with Gasteiger partial charge in [-0.3, -0.25) is 14.6 Å². The van der Waals surface area contributed by atoms with Crippen molar-refractivity contribution in [2.75, 3.05) is 13.6 Å². The average molecular weight is 299 g/mol. The number of nitrogens with one attached hydrogen (secondary N) is 1. The molecule has 0 aliphatic carbocycles. The Balaban J connectivity index is 1.72. The molecule has 0 unspecified atom stereocenters. The molecule has 0 aromatic carbocycles. The van der Waals surface area contributed by atoms with E-state index < -0.39 is 0 Å². The number of rotatable bonds is 5. The number of hydrogen-bond acceptors (Lipinski definition) is 4. The molecule has 0 spiro atoms. The molecule has 22 heavy (non-hydrogen) atoms. The van der Waals surface area contributed by atoms with Gasteiger partial charge in [0.05, 0.1) is 23.1 Å². The molecule has 2 aromatic heterocycles. The first-order valence-corrected chi connectivity index (χ1v) is 8.15. The maximum Gasteiger partial charge on any atom is 0.0768 e. The van der Waals surface area contributed by atoms with Crippen LogP contribution in [-0.2, 0) is 19.6 Å². The molecule has 0 radical (unpaired) electrons. The summed E-state index contributed by atoms with van der Waals surface area (Å²) >= 11 is 0. The zero-order valence-corrected chi connectivity index (χ0v) is 13.5. The molecule has 1 aliphatic rings. The molecule has 0 bridgehead atoms. The van der Waals surface area contributed by atoms with Gasteiger partial charge in [0.25, 0.3) is 0 Å². The van der Waals surface area contributed by atoms with Crippen LogP contribution >= 0.6 is 0 Å². The van der Waals surface area contributed by atoms with Crippen LogP contribution in [-0.4, -0.2) is 33.3 Å². The third-order valence-corrected chi connectivity index (χ3v) is 4.30. The SMILES string of the molecule is CC[C@H](c1ccccn1)N(C)Cc1cc2n(n1)CCCNC2. The lowest BCUT2D eigenvalue weighted by molar-refractivity contribution is 0.222. The summed E-state index contributed by atoms with van der Waals surface area (Å²) in [5.74, 6) is 0. The second-order valence-electron chi connectivity index (χ2n) is 5.97. The van der Waals surface area contributed by atoms with Gasteiger partial charge in [-0.25, -0.2) is 0 Å². The molecule has 3 heterocycles. The lowest BCUT2D eigenvalue weighted by Gasteiger charge is -2.25. The molecule has 118 valence electrons. The van der Waals surface area contributed by atoms with E-state index in [1.807, 2.05) is 12.3 Å². The third kappa shape index (κ3) is 3.36. The van der Waals surface area contributed by atoms with Gasteiger partial charge in [0.15, 0.2) is 0 Å². The fourth-order valence-corrected chi connectivity index (χ4v) is 3.18. The fraction of sp³-hybridized carbons (Fsp3) is 0.529. The van der Waals surface area contributed by atoms with Crippen molar-refractivity contribution in [2.24, 2.45) is 0 Å². The van der Waals surface area contributed by atoms with Crippen molar-refractivity contribution in [3.05, 3.63) is 47.5 Å². The van der Waals surface area contributed by atoms with Crippen LogP contribution in [0, 0.1) is 0 Å². The van der Waals surface area contributed by atoms with Gasteiger partial charge in [-0.1, -0.05) is 13.0 Å². The summed E-state index contributed by atoms with van der Waals surface area (Å²) in [6, 6.07) is 8.71. The summed E-state index contributed by atoms with van der Waals surface area (Å²) in [6.07, 6.45) is 4.06. The van der Waals surface area contributed by atoms with Gasteiger partial charge in [0.1, 0.15) is 0 Å². The summed E-state index contributed by atoms with van der Waals surface area (Å²) in [4.78, 5) is 6.86. The first-order valence-electron chi connectivity index (χ1n) is 8.15. The van der Waals surface area contributed by atoms with Crippen molar-refractivity contribution in [2.45, 2.75) is 45.4 Å². The van der Waals surface area contributed by atoms with Gasteiger partial charge in [0, 0.05) is 25.8 Å². The van der Waals surface area contributed by atoms with E-state index in [-0.39, 0.29) is 0 Å². The quantitative estimate of drug-likeness (QED) is 0.920. The summed E-state index contributed by atoms with van der Waals surface area (Å²) < 4.78 is 2.16. The second kappa shape index (κ2) is 7.03. The molecule has 3 rings (SSSR count). The number of hydrogen-bond donors (Lipinski definition) is 1. The van der Waals surface area contributed by atoms with E-state index in [2.05, 4.69) is 52.1 Å². The number of aryl methyl sites for hydroxylation is 1. The normalized spacial score (nSPS) is 16.3. The Hall–Kier alpha value is -1.72. The Labute approximate surface area is 132 Å². The number of pyridine rings is 1. The maximum absolute atomic E-state index is 4.78. The first kappa shape index (κ1) is 15.2. The average Bonchev–Trinajstić information content (AvgIpc) is 2.77. The Bertz CT molecular complexity index is 569. The maximum atomic E-state index is 4.78.